The van der Waals surface area contributed by atoms with Gasteiger partial charge >= 0.3 is 0 Å². The second-order valence-corrected chi connectivity index (χ2v) is 6.13. The van der Waals surface area contributed by atoms with Crippen LogP contribution in [0, 0.1) is 6.92 Å². The molecular formula is C21H16N2O3. The summed E-state index contributed by atoms with van der Waals surface area (Å²) in [5, 5.41) is 1.81. The summed E-state index contributed by atoms with van der Waals surface area (Å²) in [5.74, 6) is 0.476. The zero-order valence-electron chi connectivity index (χ0n) is 14.2. The van der Waals surface area contributed by atoms with E-state index in [1.54, 1.807) is 18.3 Å². The molecule has 0 amide bonds. The Morgan fingerprint density at radius 2 is 1.96 bits per heavy atom. The molecule has 2 heterocycles. The van der Waals surface area contributed by atoms with Crippen molar-refractivity contribution in [3.05, 3.63) is 88.0 Å². The SMILES string of the molecule is Cc1ccc2nc(COc3ccc4ccccc4c3C=O)cc(=O)n2c1. The number of nitrogens with zero attached hydrogens (tertiary/aromatic N) is 2. The number of benzene rings is 2. The third-order valence-corrected chi connectivity index (χ3v) is 4.28. The highest BCUT2D eigenvalue weighted by Crippen LogP contribution is 2.27. The van der Waals surface area contributed by atoms with Crippen LogP contribution in [0.2, 0.25) is 0 Å². The van der Waals surface area contributed by atoms with Gasteiger partial charge in [0.15, 0.2) is 6.29 Å². The number of aldehydes is 1. The summed E-state index contributed by atoms with van der Waals surface area (Å²) in [6.45, 7) is 2.03. The van der Waals surface area contributed by atoms with Crippen LogP contribution < -0.4 is 10.3 Å². The van der Waals surface area contributed by atoms with Gasteiger partial charge in [0.1, 0.15) is 18.0 Å². The second kappa shape index (κ2) is 6.44. The maximum Gasteiger partial charge on any atom is 0.258 e. The molecule has 0 aliphatic carbocycles. The maximum atomic E-state index is 12.3. The summed E-state index contributed by atoms with van der Waals surface area (Å²) in [7, 11) is 0. The fraction of sp³-hybridized carbons (Fsp3) is 0.0952. The standard InChI is InChI=1S/C21H16N2O3/c1-14-6-9-20-22-16(10-21(25)23(20)11-14)13-26-19-8-7-15-4-2-3-5-17(15)18(19)12-24/h2-12H,13H2,1H3. The molecule has 4 rings (SSSR count). The van der Waals surface area contributed by atoms with Crippen LogP contribution in [0.1, 0.15) is 21.6 Å². The summed E-state index contributed by atoms with van der Waals surface area (Å²) < 4.78 is 7.31. The molecule has 0 aliphatic heterocycles. The van der Waals surface area contributed by atoms with E-state index in [9.17, 15) is 9.59 Å². The third kappa shape index (κ3) is 2.84. The van der Waals surface area contributed by atoms with Crippen LogP contribution in [-0.4, -0.2) is 15.7 Å². The lowest BCUT2D eigenvalue weighted by Gasteiger charge is -2.11. The van der Waals surface area contributed by atoms with Gasteiger partial charge in [-0.2, -0.15) is 0 Å². The smallest absolute Gasteiger partial charge is 0.258 e. The van der Waals surface area contributed by atoms with Gasteiger partial charge in [0, 0.05) is 12.3 Å². The number of fused-ring (bicyclic) bond motifs is 2. The van der Waals surface area contributed by atoms with E-state index in [2.05, 4.69) is 4.98 Å². The van der Waals surface area contributed by atoms with Crippen molar-refractivity contribution in [1.29, 1.82) is 0 Å². The fourth-order valence-electron chi connectivity index (χ4n) is 3.01. The van der Waals surface area contributed by atoms with Gasteiger partial charge in [-0.15, -0.1) is 0 Å². The molecule has 2 aromatic heterocycles. The van der Waals surface area contributed by atoms with Crippen molar-refractivity contribution >= 4 is 22.7 Å². The van der Waals surface area contributed by atoms with Crippen LogP contribution in [0.25, 0.3) is 16.4 Å². The minimum absolute atomic E-state index is 0.110. The van der Waals surface area contributed by atoms with Crippen molar-refractivity contribution in [1.82, 2.24) is 9.38 Å². The zero-order valence-corrected chi connectivity index (χ0v) is 14.2. The number of ether oxygens (including phenoxy) is 1. The Hall–Kier alpha value is -3.47. The molecule has 0 unspecified atom stereocenters. The Morgan fingerprint density at radius 3 is 2.81 bits per heavy atom. The minimum atomic E-state index is -0.161. The topological polar surface area (TPSA) is 60.7 Å². The van der Waals surface area contributed by atoms with Crippen LogP contribution in [0.15, 0.2) is 65.6 Å². The number of hydrogen-bond acceptors (Lipinski definition) is 4. The Morgan fingerprint density at radius 1 is 1.12 bits per heavy atom. The highest BCUT2D eigenvalue weighted by atomic mass is 16.5. The average Bonchev–Trinajstić information content (AvgIpc) is 2.66. The number of hydrogen-bond donors (Lipinski definition) is 0. The van der Waals surface area contributed by atoms with E-state index in [1.807, 2.05) is 43.3 Å². The third-order valence-electron chi connectivity index (χ3n) is 4.28. The van der Waals surface area contributed by atoms with Crippen LogP contribution in [0.5, 0.6) is 5.75 Å². The van der Waals surface area contributed by atoms with Crippen LogP contribution in [0.3, 0.4) is 0 Å². The van der Waals surface area contributed by atoms with Gasteiger partial charge in [-0.3, -0.25) is 14.0 Å². The number of aromatic nitrogens is 2. The predicted octanol–water partition coefficient (Wildman–Crippen LogP) is 3.55. The van der Waals surface area contributed by atoms with E-state index >= 15 is 0 Å². The first kappa shape index (κ1) is 16.0. The first-order chi connectivity index (χ1) is 12.7. The molecule has 0 N–H and O–H groups in total. The van der Waals surface area contributed by atoms with Crippen LogP contribution in [-0.2, 0) is 6.61 Å². The van der Waals surface area contributed by atoms with Crippen LogP contribution in [0.4, 0.5) is 0 Å². The fourth-order valence-corrected chi connectivity index (χ4v) is 3.01. The van der Waals surface area contributed by atoms with E-state index in [-0.39, 0.29) is 12.2 Å². The molecule has 0 spiro atoms. The van der Waals surface area contributed by atoms with Crippen molar-refractivity contribution in [2.45, 2.75) is 13.5 Å². The average molecular weight is 344 g/mol. The summed E-state index contributed by atoms with van der Waals surface area (Å²) in [6.07, 6.45) is 2.55. The molecule has 26 heavy (non-hydrogen) atoms. The monoisotopic (exact) mass is 344 g/mol. The van der Waals surface area contributed by atoms with E-state index < -0.39 is 0 Å². The lowest BCUT2D eigenvalue weighted by molar-refractivity contribution is 0.112. The molecule has 0 atom stereocenters. The molecule has 0 saturated carbocycles. The molecule has 0 saturated heterocycles. The van der Waals surface area contributed by atoms with Gasteiger partial charge in [-0.05, 0) is 35.4 Å². The lowest BCUT2D eigenvalue weighted by atomic mass is 10.0. The summed E-state index contributed by atoms with van der Waals surface area (Å²) in [6, 6.07) is 16.5. The summed E-state index contributed by atoms with van der Waals surface area (Å²) in [4.78, 5) is 28.3. The Bertz CT molecular complexity index is 1190. The summed E-state index contributed by atoms with van der Waals surface area (Å²) >= 11 is 0. The van der Waals surface area contributed by atoms with E-state index in [0.29, 0.717) is 22.7 Å². The zero-order chi connectivity index (χ0) is 18.1. The van der Waals surface area contributed by atoms with Crippen molar-refractivity contribution in [3.63, 3.8) is 0 Å². The molecule has 0 fully saturated rings. The second-order valence-electron chi connectivity index (χ2n) is 6.13. The quantitative estimate of drug-likeness (QED) is 0.531. The normalized spacial score (nSPS) is 11.0. The largest absolute Gasteiger partial charge is 0.487 e. The van der Waals surface area contributed by atoms with Gasteiger partial charge in [-0.1, -0.05) is 36.4 Å². The van der Waals surface area contributed by atoms with Gasteiger partial charge in [0.05, 0.1) is 11.3 Å². The molecule has 5 heteroatoms. The van der Waals surface area contributed by atoms with Gasteiger partial charge in [0.25, 0.3) is 5.56 Å². The number of carbonyl (C=O) groups excluding carboxylic acids is 1. The highest BCUT2D eigenvalue weighted by Gasteiger charge is 2.09. The van der Waals surface area contributed by atoms with E-state index in [4.69, 9.17) is 4.74 Å². The molecule has 0 bridgehead atoms. The van der Waals surface area contributed by atoms with Crippen molar-refractivity contribution in [2.24, 2.45) is 0 Å². The van der Waals surface area contributed by atoms with E-state index in [0.717, 1.165) is 22.6 Å². The predicted molar refractivity (Wildman–Crippen MR) is 99.9 cm³/mol. The number of carbonyl (C=O) groups is 1. The van der Waals surface area contributed by atoms with Crippen LogP contribution >= 0.6 is 0 Å². The first-order valence-electron chi connectivity index (χ1n) is 8.24. The van der Waals surface area contributed by atoms with Gasteiger partial charge in [0.2, 0.25) is 0 Å². The molecule has 0 radical (unpaired) electrons. The Labute approximate surface area is 149 Å². The minimum Gasteiger partial charge on any atom is -0.487 e. The molecule has 2 aromatic carbocycles. The first-order valence-corrected chi connectivity index (χ1v) is 8.24. The Kier molecular flexibility index (Phi) is 3.97. The van der Waals surface area contributed by atoms with Crippen molar-refractivity contribution in [3.8, 4) is 5.75 Å². The van der Waals surface area contributed by atoms with Gasteiger partial charge < -0.3 is 4.74 Å². The number of pyridine rings is 1. The molecule has 5 nitrogen and oxygen atoms in total. The molecule has 0 aliphatic rings. The van der Waals surface area contributed by atoms with Crippen molar-refractivity contribution < 1.29 is 9.53 Å². The van der Waals surface area contributed by atoms with E-state index in [1.165, 1.54) is 10.5 Å². The highest BCUT2D eigenvalue weighted by molar-refractivity contribution is 6.00. The number of aryl methyl sites for hydroxylation is 1. The maximum absolute atomic E-state index is 12.3. The summed E-state index contributed by atoms with van der Waals surface area (Å²) in [5.41, 5.74) is 2.40. The van der Waals surface area contributed by atoms with Crippen molar-refractivity contribution in [2.75, 3.05) is 0 Å². The number of rotatable bonds is 4. The lowest BCUT2D eigenvalue weighted by Crippen LogP contribution is -2.16. The molecule has 128 valence electrons. The molecular weight excluding hydrogens is 328 g/mol. The van der Waals surface area contributed by atoms with Gasteiger partial charge in [-0.25, -0.2) is 4.98 Å². The Balaban J connectivity index is 1.68. The molecule has 4 aromatic rings.